The molecule has 1 aliphatic heterocycles. The summed E-state index contributed by atoms with van der Waals surface area (Å²) in [4.78, 5) is 16.8. The van der Waals surface area contributed by atoms with Crippen molar-refractivity contribution in [2.45, 2.75) is 25.7 Å². The fraction of sp³-hybridized carbons (Fsp3) is 0.474. The third-order valence-electron chi connectivity index (χ3n) is 4.87. The molecule has 1 unspecified atom stereocenters. The van der Waals surface area contributed by atoms with Crippen LogP contribution in [0.15, 0.2) is 45.7 Å². The Morgan fingerprint density at radius 3 is 2.87 bits per heavy atom. The summed E-state index contributed by atoms with van der Waals surface area (Å²) in [5.74, 6) is 0.688. The van der Waals surface area contributed by atoms with Crippen molar-refractivity contribution in [3.63, 3.8) is 0 Å². The van der Waals surface area contributed by atoms with E-state index in [0.29, 0.717) is 12.3 Å². The van der Waals surface area contributed by atoms with Gasteiger partial charge in [-0.2, -0.15) is 0 Å². The van der Waals surface area contributed by atoms with Gasteiger partial charge in [0.15, 0.2) is 0 Å². The fourth-order valence-electron chi connectivity index (χ4n) is 3.43. The molecule has 124 valence electrons. The summed E-state index contributed by atoms with van der Waals surface area (Å²) >= 11 is -0.852. The maximum atomic E-state index is 12.6. The molecule has 3 rings (SSSR count). The SMILES string of the molecule is CN(C(=O)[C@@H]1CCC(=N)C1)C1=CCC(C2=CC=CI(C)C2)C=C1. The normalized spacial score (nSPS) is 28.6. The molecule has 1 amide bonds. The molecule has 4 heteroatoms. The van der Waals surface area contributed by atoms with Gasteiger partial charge in [-0.25, -0.2) is 0 Å². The first kappa shape index (κ1) is 16.7. The van der Waals surface area contributed by atoms with Crippen molar-refractivity contribution >= 4 is 31.4 Å². The van der Waals surface area contributed by atoms with E-state index in [2.05, 4.69) is 39.4 Å². The number of nitrogens with zero attached hydrogens (tertiary/aromatic N) is 1. The minimum absolute atomic E-state index is 0.0123. The summed E-state index contributed by atoms with van der Waals surface area (Å²) in [6.07, 6.45) is 14.4. The van der Waals surface area contributed by atoms with Crippen LogP contribution in [0.2, 0.25) is 0 Å². The number of alkyl halides is 2. The van der Waals surface area contributed by atoms with E-state index in [4.69, 9.17) is 5.41 Å². The second-order valence-electron chi connectivity index (χ2n) is 6.60. The molecule has 0 radical (unpaired) electrons. The zero-order valence-electron chi connectivity index (χ0n) is 13.9. The fourth-order valence-corrected chi connectivity index (χ4v) is 6.81. The molecular weight excluding hydrogens is 399 g/mol. The molecule has 1 saturated carbocycles. The average Bonchev–Trinajstić information content (AvgIpc) is 3.00. The van der Waals surface area contributed by atoms with E-state index in [-0.39, 0.29) is 11.8 Å². The predicted molar refractivity (Wildman–Crippen MR) is 105 cm³/mol. The van der Waals surface area contributed by atoms with Gasteiger partial charge in [0, 0.05) is 0 Å². The second-order valence-corrected chi connectivity index (χ2v) is 11.7. The number of likely N-dealkylation sites (N-methyl/N-ethyl adjacent to an activating group) is 1. The first-order valence-electron chi connectivity index (χ1n) is 8.18. The van der Waals surface area contributed by atoms with Crippen molar-refractivity contribution in [3.05, 3.63) is 45.7 Å². The van der Waals surface area contributed by atoms with E-state index in [1.807, 2.05) is 7.05 Å². The van der Waals surface area contributed by atoms with Crippen molar-refractivity contribution in [2.75, 3.05) is 16.4 Å². The molecule has 0 aromatic carbocycles. The number of rotatable bonds is 3. The third kappa shape index (κ3) is 3.84. The zero-order chi connectivity index (χ0) is 16.4. The van der Waals surface area contributed by atoms with Crippen LogP contribution in [-0.2, 0) is 4.79 Å². The number of nitrogens with one attached hydrogen (secondary N) is 1. The van der Waals surface area contributed by atoms with E-state index in [1.165, 1.54) is 4.43 Å². The van der Waals surface area contributed by atoms with E-state index >= 15 is 0 Å². The van der Waals surface area contributed by atoms with Gasteiger partial charge >= 0.3 is 146 Å². The van der Waals surface area contributed by atoms with Crippen LogP contribution < -0.4 is 0 Å². The second kappa shape index (κ2) is 7.16. The molecule has 2 atom stereocenters. The number of hydrogen-bond acceptors (Lipinski definition) is 2. The molecule has 0 aromatic heterocycles. The monoisotopic (exact) mass is 424 g/mol. The summed E-state index contributed by atoms with van der Waals surface area (Å²) in [6.45, 7) is 0. The summed E-state index contributed by atoms with van der Waals surface area (Å²) in [6, 6.07) is 0. The molecule has 1 fully saturated rings. The van der Waals surface area contributed by atoms with Gasteiger partial charge < -0.3 is 0 Å². The Hall–Kier alpha value is -1.17. The average molecular weight is 424 g/mol. The Labute approximate surface area is 146 Å². The Bertz CT molecular complexity index is 629. The van der Waals surface area contributed by atoms with Crippen LogP contribution in [0.3, 0.4) is 0 Å². The van der Waals surface area contributed by atoms with Gasteiger partial charge in [-0.15, -0.1) is 0 Å². The first-order valence-corrected chi connectivity index (χ1v) is 13.1. The van der Waals surface area contributed by atoms with E-state index in [1.54, 1.807) is 10.5 Å². The van der Waals surface area contributed by atoms with Gasteiger partial charge in [0.1, 0.15) is 0 Å². The van der Waals surface area contributed by atoms with E-state index in [9.17, 15) is 4.79 Å². The summed E-state index contributed by atoms with van der Waals surface area (Å²) < 4.78 is 3.70. The van der Waals surface area contributed by atoms with Crippen molar-refractivity contribution in [2.24, 2.45) is 11.8 Å². The minimum atomic E-state index is -0.852. The van der Waals surface area contributed by atoms with Gasteiger partial charge in [-0.3, -0.25) is 0 Å². The van der Waals surface area contributed by atoms with Crippen molar-refractivity contribution < 1.29 is 4.79 Å². The predicted octanol–water partition coefficient (Wildman–Crippen LogP) is 4.31. The first-order chi connectivity index (χ1) is 11.0. The summed E-state index contributed by atoms with van der Waals surface area (Å²) in [7, 11) is 1.87. The van der Waals surface area contributed by atoms with Crippen LogP contribution in [0.5, 0.6) is 0 Å². The molecular formula is C19H25IN2O. The standard InChI is InChI=1S/C19H25IN2O/c1-20-11-3-4-16(13-20)14-6-9-18(10-7-14)22(2)19(23)15-5-8-17(21)12-15/h3-4,6,9-11,14-15,21H,5,7-8,12-13H2,1-2H3/t14?,15-/m1/s1. The number of carbonyl (C=O) groups excluding carboxylic acids is 1. The quantitative estimate of drug-likeness (QED) is 0.533. The van der Waals surface area contributed by atoms with Gasteiger partial charge in [-0.05, 0) is 0 Å². The maximum absolute atomic E-state index is 12.6. The molecule has 1 N–H and O–H groups in total. The molecule has 1 heterocycles. The van der Waals surface area contributed by atoms with Gasteiger partial charge in [0.2, 0.25) is 0 Å². The number of halogens is 1. The van der Waals surface area contributed by atoms with Crippen molar-refractivity contribution in [1.29, 1.82) is 5.41 Å². The third-order valence-corrected chi connectivity index (χ3v) is 8.60. The van der Waals surface area contributed by atoms with Crippen LogP contribution in [0.25, 0.3) is 0 Å². The Balaban J connectivity index is 1.61. The van der Waals surface area contributed by atoms with Crippen molar-refractivity contribution in [1.82, 2.24) is 4.90 Å². The topological polar surface area (TPSA) is 44.2 Å². The van der Waals surface area contributed by atoms with Gasteiger partial charge in [-0.1, -0.05) is 0 Å². The van der Waals surface area contributed by atoms with Crippen molar-refractivity contribution in [3.8, 4) is 0 Å². The molecule has 0 saturated heterocycles. The molecule has 0 bridgehead atoms. The van der Waals surface area contributed by atoms with Crippen LogP contribution in [0.4, 0.5) is 0 Å². The Morgan fingerprint density at radius 1 is 1.43 bits per heavy atom. The number of allylic oxidation sites excluding steroid dienone is 6. The van der Waals surface area contributed by atoms with Crippen LogP contribution in [0, 0.1) is 17.2 Å². The molecule has 3 nitrogen and oxygen atoms in total. The van der Waals surface area contributed by atoms with E-state index in [0.717, 1.165) is 30.7 Å². The molecule has 2 aliphatic carbocycles. The Morgan fingerprint density at radius 2 is 2.26 bits per heavy atom. The Kier molecular flexibility index (Phi) is 5.19. The van der Waals surface area contributed by atoms with Gasteiger partial charge in [0.05, 0.1) is 0 Å². The van der Waals surface area contributed by atoms with Crippen LogP contribution >= 0.6 is 19.8 Å². The number of amides is 1. The van der Waals surface area contributed by atoms with E-state index < -0.39 is 19.8 Å². The zero-order valence-corrected chi connectivity index (χ0v) is 16.0. The summed E-state index contributed by atoms with van der Waals surface area (Å²) in [5, 5.41) is 7.71. The molecule has 3 aliphatic rings. The van der Waals surface area contributed by atoms with Crippen LogP contribution in [-0.4, -0.2) is 32.9 Å². The molecule has 23 heavy (non-hydrogen) atoms. The van der Waals surface area contributed by atoms with Crippen LogP contribution in [0.1, 0.15) is 25.7 Å². The number of hydrogen-bond donors (Lipinski definition) is 1. The van der Waals surface area contributed by atoms with Gasteiger partial charge in [0.25, 0.3) is 0 Å². The molecule has 0 aromatic rings. The molecule has 0 spiro atoms. The summed E-state index contributed by atoms with van der Waals surface area (Å²) in [5.41, 5.74) is 3.30. The number of carbonyl (C=O) groups is 1.